The van der Waals surface area contributed by atoms with Crippen LogP contribution in [0.5, 0.6) is 0 Å². The Morgan fingerprint density at radius 1 is 0.967 bits per heavy atom. The maximum atomic E-state index is 6.24. The Morgan fingerprint density at radius 3 is 2.40 bits per heavy atom. The monoisotopic (exact) mass is 499 g/mol. The maximum absolute atomic E-state index is 6.24. The number of hydrogen-bond donors (Lipinski definition) is 1. The van der Waals surface area contributed by atoms with Gasteiger partial charge in [-0.3, -0.25) is 0 Å². The average Bonchev–Trinajstić information content (AvgIpc) is 3.00. The molecule has 0 saturated heterocycles. The van der Waals surface area contributed by atoms with Gasteiger partial charge in [0, 0.05) is 48.8 Å². The zero-order chi connectivity index (χ0) is 21.1. The molecule has 0 aliphatic heterocycles. The van der Waals surface area contributed by atoms with Gasteiger partial charge in [-0.05, 0) is 42.8 Å². The van der Waals surface area contributed by atoms with E-state index in [0.717, 1.165) is 22.1 Å². The van der Waals surface area contributed by atoms with Crippen molar-refractivity contribution in [1.82, 2.24) is 9.99 Å². The fourth-order valence-electron chi connectivity index (χ4n) is 3.53. The zero-order valence-electron chi connectivity index (χ0n) is 16.4. The topological polar surface area (TPSA) is 29.3 Å². The first-order valence-electron chi connectivity index (χ1n) is 9.55. The molecule has 0 amide bonds. The van der Waals surface area contributed by atoms with Crippen molar-refractivity contribution >= 4 is 56.2 Å². The van der Waals surface area contributed by atoms with Crippen LogP contribution in [0, 0.1) is 6.92 Å². The predicted molar refractivity (Wildman–Crippen MR) is 131 cm³/mol. The van der Waals surface area contributed by atoms with Crippen molar-refractivity contribution < 1.29 is 0 Å². The standard InChI is InChI=1S/C24H20BrCl2N3/c1-16-20(13-28-29-14-21-22(26)6-4-7-23(21)27)19-5-2-3-8-24(19)30(16)15-17-9-11-18(25)12-10-17/h2-13,29H,14-15H2,1H3/b28-13-. The Morgan fingerprint density at radius 2 is 1.67 bits per heavy atom. The summed E-state index contributed by atoms with van der Waals surface area (Å²) in [4.78, 5) is 0. The number of para-hydroxylation sites is 1. The third-order valence-electron chi connectivity index (χ3n) is 5.14. The summed E-state index contributed by atoms with van der Waals surface area (Å²) in [5.74, 6) is 0. The van der Waals surface area contributed by atoms with Crippen molar-refractivity contribution in [1.29, 1.82) is 0 Å². The minimum atomic E-state index is 0.464. The van der Waals surface area contributed by atoms with E-state index < -0.39 is 0 Å². The minimum absolute atomic E-state index is 0.464. The number of aromatic nitrogens is 1. The molecule has 30 heavy (non-hydrogen) atoms. The van der Waals surface area contributed by atoms with Crippen molar-refractivity contribution in [2.75, 3.05) is 0 Å². The molecule has 152 valence electrons. The average molecular weight is 501 g/mol. The summed E-state index contributed by atoms with van der Waals surface area (Å²) in [7, 11) is 0. The lowest BCUT2D eigenvalue weighted by Crippen LogP contribution is -2.07. The fraction of sp³-hybridized carbons (Fsp3) is 0.125. The molecular weight excluding hydrogens is 481 g/mol. The highest BCUT2D eigenvalue weighted by molar-refractivity contribution is 9.10. The van der Waals surface area contributed by atoms with E-state index in [1.807, 2.05) is 24.4 Å². The highest BCUT2D eigenvalue weighted by atomic mass is 79.9. The van der Waals surface area contributed by atoms with Gasteiger partial charge in [-0.15, -0.1) is 0 Å². The summed E-state index contributed by atoms with van der Waals surface area (Å²) in [5, 5.41) is 6.89. The smallest absolute Gasteiger partial charge is 0.0609 e. The number of nitrogens with zero attached hydrogens (tertiary/aromatic N) is 2. The van der Waals surface area contributed by atoms with Crippen molar-refractivity contribution in [3.8, 4) is 0 Å². The third kappa shape index (κ3) is 4.41. The second-order valence-electron chi connectivity index (χ2n) is 7.02. The van der Waals surface area contributed by atoms with E-state index in [1.54, 1.807) is 0 Å². The molecule has 0 unspecified atom stereocenters. The summed E-state index contributed by atoms with van der Waals surface area (Å²) in [6.07, 6.45) is 1.88. The molecule has 3 nitrogen and oxygen atoms in total. The van der Waals surface area contributed by atoms with Gasteiger partial charge in [-0.25, -0.2) is 0 Å². The second kappa shape index (κ2) is 9.25. The van der Waals surface area contributed by atoms with Crippen molar-refractivity contribution in [3.05, 3.63) is 104 Å². The molecule has 1 heterocycles. The quantitative estimate of drug-likeness (QED) is 0.220. The molecule has 1 N–H and O–H groups in total. The van der Waals surface area contributed by atoms with Crippen LogP contribution >= 0.6 is 39.1 Å². The number of hydrazone groups is 1. The molecule has 4 rings (SSSR count). The Balaban J connectivity index is 1.60. The van der Waals surface area contributed by atoms with Gasteiger partial charge < -0.3 is 9.99 Å². The molecule has 0 fully saturated rings. The molecule has 6 heteroatoms. The SMILES string of the molecule is Cc1c(/C=N\NCc2c(Cl)cccc2Cl)c2ccccc2n1Cc1ccc(Br)cc1. The molecule has 0 atom stereocenters. The van der Waals surface area contributed by atoms with Crippen molar-refractivity contribution in [2.45, 2.75) is 20.0 Å². The number of fused-ring (bicyclic) bond motifs is 1. The van der Waals surface area contributed by atoms with Gasteiger partial charge in [0.2, 0.25) is 0 Å². The number of hydrogen-bond acceptors (Lipinski definition) is 2. The molecule has 0 bridgehead atoms. The number of nitrogens with one attached hydrogen (secondary N) is 1. The van der Waals surface area contributed by atoms with Gasteiger partial charge in [0.1, 0.15) is 0 Å². The summed E-state index contributed by atoms with van der Waals surface area (Å²) >= 11 is 16.0. The lowest BCUT2D eigenvalue weighted by Gasteiger charge is -2.09. The Kier molecular flexibility index (Phi) is 6.47. The highest BCUT2D eigenvalue weighted by Crippen LogP contribution is 2.26. The van der Waals surface area contributed by atoms with Crippen LogP contribution in [-0.4, -0.2) is 10.8 Å². The van der Waals surface area contributed by atoms with Crippen LogP contribution in [0.3, 0.4) is 0 Å². The van der Waals surface area contributed by atoms with E-state index in [9.17, 15) is 0 Å². The van der Waals surface area contributed by atoms with E-state index in [0.29, 0.717) is 16.6 Å². The van der Waals surface area contributed by atoms with Crippen LogP contribution in [-0.2, 0) is 13.1 Å². The van der Waals surface area contributed by atoms with Crippen molar-refractivity contribution in [2.24, 2.45) is 5.10 Å². The molecule has 0 spiro atoms. The van der Waals surface area contributed by atoms with E-state index in [2.05, 4.69) is 86.5 Å². The van der Waals surface area contributed by atoms with Crippen LogP contribution in [0.1, 0.15) is 22.4 Å². The molecular formula is C24H20BrCl2N3. The normalized spacial score (nSPS) is 11.5. The third-order valence-corrected chi connectivity index (χ3v) is 6.37. The van der Waals surface area contributed by atoms with Gasteiger partial charge in [0.25, 0.3) is 0 Å². The van der Waals surface area contributed by atoms with Gasteiger partial charge in [0.05, 0.1) is 12.8 Å². The summed E-state index contributed by atoms with van der Waals surface area (Å²) in [6, 6.07) is 22.3. The maximum Gasteiger partial charge on any atom is 0.0609 e. The van der Waals surface area contributed by atoms with Gasteiger partial charge in [-0.1, -0.05) is 75.5 Å². The minimum Gasteiger partial charge on any atom is -0.340 e. The molecule has 4 aromatic rings. The Bertz CT molecular complexity index is 1190. The van der Waals surface area contributed by atoms with E-state index >= 15 is 0 Å². The summed E-state index contributed by atoms with van der Waals surface area (Å²) in [5.41, 5.74) is 8.62. The molecule has 0 saturated carbocycles. The molecule has 1 aromatic heterocycles. The van der Waals surface area contributed by atoms with E-state index in [1.165, 1.54) is 22.2 Å². The second-order valence-corrected chi connectivity index (χ2v) is 8.75. The van der Waals surface area contributed by atoms with Crippen molar-refractivity contribution in [3.63, 3.8) is 0 Å². The van der Waals surface area contributed by atoms with Crippen LogP contribution in [0.4, 0.5) is 0 Å². The number of halogens is 3. The largest absolute Gasteiger partial charge is 0.340 e. The van der Waals surface area contributed by atoms with Crippen LogP contribution < -0.4 is 5.43 Å². The van der Waals surface area contributed by atoms with Gasteiger partial charge in [0.15, 0.2) is 0 Å². The number of benzene rings is 3. The lowest BCUT2D eigenvalue weighted by atomic mass is 10.1. The molecule has 0 radical (unpaired) electrons. The van der Waals surface area contributed by atoms with Gasteiger partial charge in [-0.2, -0.15) is 5.10 Å². The highest BCUT2D eigenvalue weighted by Gasteiger charge is 2.13. The molecule has 0 aliphatic carbocycles. The lowest BCUT2D eigenvalue weighted by molar-refractivity contribution is 0.748. The first-order chi connectivity index (χ1) is 14.5. The molecule has 3 aromatic carbocycles. The van der Waals surface area contributed by atoms with Gasteiger partial charge >= 0.3 is 0 Å². The summed E-state index contributed by atoms with van der Waals surface area (Å²) < 4.78 is 3.41. The first-order valence-corrected chi connectivity index (χ1v) is 11.1. The van der Waals surface area contributed by atoms with Crippen LogP contribution in [0.15, 0.2) is 76.3 Å². The van der Waals surface area contributed by atoms with Crippen LogP contribution in [0.25, 0.3) is 10.9 Å². The van der Waals surface area contributed by atoms with E-state index in [4.69, 9.17) is 23.2 Å². The number of rotatable bonds is 6. The predicted octanol–water partition coefficient (Wildman–Crippen LogP) is 7.19. The zero-order valence-corrected chi connectivity index (χ0v) is 19.5. The van der Waals surface area contributed by atoms with E-state index in [-0.39, 0.29) is 0 Å². The Labute approximate surface area is 194 Å². The molecule has 0 aliphatic rings. The fourth-order valence-corrected chi connectivity index (χ4v) is 4.33. The summed E-state index contributed by atoms with van der Waals surface area (Å²) in [6.45, 7) is 3.40. The van der Waals surface area contributed by atoms with Crippen LogP contribution in [0.2, 0.25) is 10.0 Å². The first kappa shape index (κ1) is 21.0. The Hall–Kier alpha value is -2.27.